The number of esters is 1. The highest BCUT2D eigenvalue weighted by atomic mass is 19.1. The fraction of sp³-hybridized carbons (Fsp3) is 0.355. The molecule has 0 bridgehead atoms. The molecule has 1 aromatic heterocycles. The van der Waals surface area contributed by atoms with Crippen molar-refractivity contribution < 1.29 is 23.8 Å². The van der Waals surface area contributed by atoms with Gasteiger partial charge in [0.15, 0.2) is 0 Å². The lowest BCUT2D eigenvalue weighted by Crippen LogP contribution is -2.11. The third-order valence-electron chi connectivity index (χ3n) is 6.25. The summed E-state index contributed by atoms with van der Waals surface area (Å²) in [5, 5.41) is 10.8. The molecule has 0 saturated heterocycles. The highest BCUT2D eigenvalue weighted by Crippen LogP contribution is 2.43. The Labute approximate surface area is 217 Å². The molecule has 1 N–H and O–H groups in total. The largest absolute Gasteiger partial charge is 0.493 e. The highest BCUT2D eigenvalue weighted by Gasteiger charge is 2.23. The van der Waals surface area contributed by atoms with E-state index in [0.29, 0.717) is 24.2 Å². The molecule has 0 radical (unpaired) electrons. The van der Waals surface area contributed by atoms with Crippen LogP contribution in [0.25, 0.3) is 32.8 Å². The van der Waals surface area contributed by atoms with Crippen LogP contribution in [0.3, 0.4) is 0 Å². The van der Waals surface area contributed by atoms with Crippen molar-refractivity contribution in [3.63, 3.8) is 0 Å². The van der Waals surface area contributed by atoms with Crippen molar-refractivity contribution in [3.8, 4) is 16.9 Å². The fourth-order valence-electron chi connectivity index (χ4n) is 4.72. The highest BCUT2D eigenvalue weighted by molar-refractivity contribution is 6.08. The minimum Gasteiger partial charge on any atom is -0.493 e. The van der Waals surface area contributed by atoms with Gasteiger partial charge in [0.1, 0.15) is 11.6 Å². The molecule has 3 aromatic carbocycles. The molecule has 1 aliphatic heterocycles. The molecule has 0 unspecified atom stereocenters. The first kappa shape index (κ1) is 26.6. The van der Waals surface area contributed by atoms with Crippen molar-refractivity contribution in [2.45, 2.75) is 60.0 Å². The van der Waals surface area contributed by atoms with Gasteiger partial charge in [0, 0.05) is 29.0 Å². The van der Waals surface area contributed by atoms with E-state index in [9.17, 15) is 4.79 Å². The summed E-state index contributed by atoms with van der Waals surface area (Å²) in [7, 11) is 0. The second kappa shape index (κ2) is 10.5. The molecule has 0 amide bonds. The van der Waals surface area contributed by atoms with Crippen LogP contribution in [0.15, 0.2) is 42.6 Å². The molecule has 37 heavy (non-hydrogen) atoms. The average molecular weight is 504 g/mol. The van der Waals surface area contributed by atoms with Crippen molar-refractivity contribution in [1.82, 2.24) is 4.98 Å². The Balaban J connectivity index is 0.000000586. The summed E-state index contributed by atoms with van der Waals surface area (Å²) in [4.78, 5) is 17.2. The molecule has 2 heterocycles. The number of aromatic nitrogens is 1. The second-order valence-electron chi connectivity index (χ2n) is 10.4. The number of nitrogens with zero attached hydrogens (tertiary/aromatic N) is 1. The number of carbonyl (C=O) groups is 1. The Hall–Kier alpha value is -3.51. The lowest BCUT2D eigenvalue weighted by molar-refractivity contribution is -0.142. The standard InChI is InChI=1S/C27H24FNO3.C4H10O/c1-4-31-23(30)14-20-16(3)13-21-18(6-5-15(2)26(21)28)25(20)19-7-8-22-24-17(10-12-32-22)9-11-29-27(19)24;1-4(2,3)5/h5-9,11,13H,4,10,12,14H2,1-3H3;5H,1-3H3. The van der Waals surface area contributed by atoms with E-state index in [1.165, 1.54) is 5.56 Å². The third kappa shape index (κ3) is 5.59. The molecular formula is C31H34FNO4. The van der Waals surface area contributed by atoms with Crippen molar-refractivity contribution in [1.29, 1.82) is 0 Å². The molecule has 0 aliphatic carbocycles. The number of hydrogen-bond donors (Lipinski definition) is 1. The lowest BCUT2D eigenvalue weighted by Gasteiger charge is -2.22. The van der Waals surface area contributed by atoms with E-state index in [1.807, 2.05) is 43.5 Å². The topological polar surface area (TPSA) is 68.7 Å². The molecule has 0 atom stereocenters. The number of fused-ring (bicyclic) bond motifs is 1. The van der Waals surface area contributed by atoms with Gasteiger partial charge < -0.3 is 14.6 Å². The zero-order chi connectivity index (χ0) is 26.9. The van der Waals surface area contributed by atoms with E-state index in [1.54, 1.807) is 40.7 Å². The van der Waals surface area contributed by atoms with Gasteiger partial charge in [0.25, 0.3) is 0 Å². The maximum absolute atomic E-state index is 15.2. The van der Waals surface area contributed by atoms with Crippen molar-refractivity contribution >= 4 is 27.6 Å². The number of rotatable bonds is 4. The lowest BCUT2D eigenvalue weighted by atomic mass is 9.86. The van der Waals surface area contributed by atoms with Gasteiger partial charge >= 0.3 is 5.97 Å². The Morgan fingerprint density at radius 1 is 1.11 bits per heavy atom. The van der Waals surface area contributed by atoms with Crippen LogP contribution in [0.1, 0.15) is 49.9 Å². The fourth-order valence-corrected chi connectivity index (χ4v) is 4.72. The zero-order valence-electron chi connectivity index (χ0n) is 22.4. The van der Waals surface area contributed by atoms with E-state index >= 15 is 4.39 Å². The van der Waals surface area contributed by atoms with Gasteiger partial charge in [-0.1, -0.05) is 12.1 Å². The van der Waals surface area contributed by atoms with Crippen LogP contribution in [0.5, 0.6) is 5.75 Å². The maximum atomic E-state index is 15.2. The van der Waals surface area contributed by atoms with Crippen molar-refractivity contribution in [2.75, 3.05) is 13.2 Å². The van der Waals surface area contributed by atoms with E-state index in [0.717, 1.165) is 50.7 Å². The number of pyridine rings is 1. The van der Waals surface area contributed by atoms with E-state index < -0.39 is 5.60 Å². The monoisotopic (exact) mass is 503 g/mol. The molecule has 0 spiro atoms. The van der Waals surface area contributed by atoms with Crippen LogP contribution in [-0.2, 0) is 22.4 Å². The minimum absolute atomic E-state index is 0.111. The van der Waals surface area contributed by atoms with Gasteiger partial charge in [-0.15, -0.1) is 0 Å². The van der Waals surface area contributed by atoms with Gasteiger partial charge in [-0.25, -0.2) is 4.39 Å². The normalized spacial score (nSPS) is 12.6. The van der Waals surface area contributed by atoms with Crippen molar-refractivity contribution in [3.05, 3.63) is 70.7 Å². The molecular weight excluding hydrogens is 469 g/mol. The van der Waals surface area contributed by atoms with Gasteiger partial charge in [-0.05, 0) is 99.0 Å². The predicted molar refractivity (Wildman–Crippen MR) is 146 cm³/mol. The molecule has 1 aliphatic rings. The van der Waals surface area contributed by atoms with Crippen LogP contribution in [0.2, 0.25) is 0 Å². The first-order valence-electron chi connectivity index (χ1n) is 12.6. The Bertz CT molecular complexity index is 1470. The maximum Gasteiger partial charge on any atom is 0.310 e. The van der Waals surface area contributed by atoms with Gasteiger partial charge in [-0.3, -0.25) is 9.78 Å². The molecule has 0 saturated carbocycles. The number of aryl methyl sites for hydroxylation is 2. The quantitative estimate of drug-likeness (QED) is 0.317. The van der Waals surface area contributed by atoms with E-state index in [-0.39, 0.29) is 18.2 Å². The summed E-state index contributed by atoms with van der Waals surface area (Å²) in [6, 6.07) is 11.5. The number of aliphatic hydroxyl groups is 1. The van der Waals surface area contributed by atoms with Crippen LogP contribution in [0.4, 0.5) is 4.39 Å². The minimum atomic E-state index is -0.500. The second-order valence-corrected chi connectivity index (χ2v) is 10.4. The number of hydrogen-bond acceptors (Lipinski definition) is 5. The Morgan fingerprint density at radius 3 is 2.54 bits per heavy atom. The number of carbonyl (C=O) groups excluding carboxylic acids is 1. The van der Waals surface area contributed by atoms with Crippen LogP contribution in [-0.4, -0.2) is 34.9 Å². The average Bonchev–Trinajstić information content (AvgIpc) is 2.83. The summed E-state index contributed by atoms with van der Waals surface area (Å²) in [5.41, 5.74) is 5.45. The Morgan fingerprint density at radius 2 is 1.84 bits per heavy atom. The zero-order valence-corrected chi connectivity index (χ0v) is 22.4. The van der Waals surface area contributed by atoms with Crippen molar-refractivity contribution in [2.24, 2.45) is 0 Å². The summed E-state index contributed by atoms with van der Waals surface area (Å²) >= 11 is 0. The van der Waals surface area contributed by atoms with Gasteiger partial charge in [0.05, 0.1) is 30.8 Å². The Kier molecular flexibility index (Phi) is 7.51. The molecule has 6 heteroatoms. The van der Waals surface area contributed by atoms with Gasteiger partial charge in [0.2, 0.25) is 0 Å². The van der Waals surface area contributed by atoms with Crippen LogP contribution < -0.4 is 4.74 Å². The molecule has 0 fully saturated rings. The third-order valence-corrected chi connectivity index (χ3v) is 6.25. The molecule has 5 rings (SSSR count). The predicted octanol–water partition coefficient (Wildman–Crippen LogP) is 6.63. The van der Waals surface area contributed by atoms with E-state index in [4.69, 9.17) is 19.6 Å². The summed E-state index contributed by atoms with van der Waals surface area (Å²) < 4.78 is 26.3. The first-order chi connectivity index (χ1) is 17.5. The van der Waals surface area contributed by atoms with Crippen LogP contribution >= 0.6 is 0 Å². The first-order valence-corrected chi connectivity index (χ1v) is 12.6. The number of ether oxygens (including phenoxy) is 2. The van der Waals surface area contributed by atoms with Crippen LogP contribution in [0, 0.1) is 19.7 Å². The summed E-state index contributed by atoms with van der Waals surface area (Å²) in [6.45, 7) is 11.7. The summed E-state index contributed by atoms with van der Waals surface area (Å²) in [5.74, 6) is 0.264. The van der Waals surface area contributed by atoms with Gasteiger partial charge in [-0.2, -0.15) is 0 Å². The number of benzene rings is 3. The smallest absolute Gasteiger partial charge is 0.310 e. The number of halogens is 1. The molecule has 4 aromatic rings. The van der Waals surface area contributed by atoms with E-state index in [2.05, 4.69) is 0 Å². The summed E-state index contributed by atoms with van der Waals surface area (Å²) in [6.07, 6.45) is 2.73. The SMILES string of the molecule is CC(C)(C)O.CCOC(=O)Cc1c(C)cc2c(F)c(C)ccc2c1-c1ccc2c3c(ccnc13)CCO2. The molecule has 5 nitrogen and oxygen atoms in total. The molecule has 194 valence electrons.